The van der Waals surface area contributed by atoms with Gasteiger partial charge in [0.15, 0.2) is 5.13 Å². The molecular weight excluding hydrogens is 268 g/mol. The number of benzene rings is 1. The predicted octanol–water partition coefficient (Wildman–Crippen LogP) is 3.97. The standard InChI is InChI=1S/C16H18N2OS/c1-11-7-9-12(10-8-11)15(19)18-16-17-13-5-3-2-4-6-14(13)20-16/h7-10H,2-6H2,1H3,(H,17,18,19). The Balaban J connectivity index is 1.74. The number of carbonyl (C=O) groups is 1. The number of aromatic nitrogens is 1. The number of hydrogen-bond donors (Lipinski definition) is 1. The monoisotopic (exact) mass is 286 g/mol. The second-order valence-corrected chi connectivity index (χ2v) is 6.35. The summed E-state index contributed by atoms with van der Waals surface area (Å²) in [5, 5.41) is 3.66. The number of aryl methyl sites for hydroxylation is 3. The Labute approximate surface area is 123 Å². The first-order chi connectivity index (χ1) is 9.72. The first-order valence-electron chi connectivity index (χ1n) is 7.09. The van der Waals surface area contributed by atoms with Crippen LogP contribution in [0.3, 0.4) is 0 Å². The van der Waals surface area contributed by atoms with Crippen LogP contribution in [0.4, 0.5) is 5.13 Å². The van der Waals surface area contributed by atoms with E-state index in [2.05, 4.69) is 10.3 Å². The predicted molar refractivity (Wildman–Crippen MR) is 82.5 cm³/mol. The highest BCUT2D eigenvalue weighted by Gasteiger charge is 2.15. The maximum atomic E-state index is 12.2. The van der Waals surface area contributed by atoms with Gasteiger partial charge < -0.3 is 0 Å². The van der Waals surface area contributed by atoms with E-state index in [0.29, 0.717) is 5.56 Å². The van der Waals surface area contributed by atoms with E-state index in [1.807, 2.05) is 31.2 Å². The van der Waals surface area contributed by atoms with Gasteiger partial charge >= 0.3 is 0 Å². The molecule has 1 aromatic carbocycles. The highest BCUT2D eigenvalue weighted by Crippen LogP contribution is 2.29. The normalized spacial score (nSPS) is 14.4. The van der Waals surface area contributed by atoms with Crippen LogP contribution in [-0.4, -0.2) is 10.9 Å². The van der Waals surface area contributed by atoms with Crippen LogP contribution in [-0.2, 0) is 12.8 Å². The highest BCUT2D eigenvalue weighted by atomic mass is 32.1. The zero-order valence-corrected chi connectivity index (χ0v) is 12.4. The molecule has 104 valence electrons. The van der Waals surface area contributed by atoms with E-state index in [9.17, 15) is 4.79 Å². The number of amides is 1. The lowest BCUT2D eigenvalue weighted by Gasteiger charge is -2.02. The smallest absolute Gasteiger partial charge is 0.257 e. The molecule has 0 unspecified atom stereocenters. The van der Waals surface area contributed by atoms with Gasteiger partial charge in [-0.05, 0) is 44.7 Å². The lowest BCUT2D eigenvalue weighted by Crippen LogP contribution is -2.11. The van der Waals surface area contributed by atoms with Crippen molar-refractivity contribution in [2.45, 2.75) is 39.0 Å². The molecule has 0 atom stereocenters. The number of fused-ring (bicyclic) bond motifs is 1. The second kappa shape index (κ2) is 5.75. The van der Waals surface area contributed by atoms with Crippen LogP contribution in [0.15, 0.2) is 24.3 Å². The third kappa shape index (κ3) is 2.90. The minimum absolute atomic E-state index is 0.0751. The number of carbonyl (C=O) groups excluding carboxylic acids is 1. The van der Waals surface area contributed by atoms with E-state index in [-0.39, 0.29) is 5.91 Å². The van der Waals surface area contributed by atoms with Gasteiger partial charge in [-0.2, -0.15) is 0 Å². The van der Waals surface area contributed by atoms with Crippen LogP contribution in [0, 0.1) is 6.92 Å². The molecule has 0 spiro atoms. The molecule has 0 aliphatic heterocycles. The summed E-state index contributed by atoms with van der Waals surface area (Å²) in [4.78, 5) is 18.1. The van der Waals surface area contributed by atoms with Crippen molar-refractivity contribution in [3.63, 3.8) is 0 Å². The van der Waals surface area contributed by atoms with Gasteiger partial charge in [-0.25, -0.2) is 4.98 Å². The lowest BCUT2D eigenvalue weighted by atomic mass is 10.1. The molecule has 3 nitrogen and oxygen atoms in total. The first kappa shape index (κ1) is 13.3. The number of nitrogens with zero attached hydrogens (tertiary/aromatic N) is 1. The van der Waals surface area contributed by atoms with Crippen molar-refractivity contribution >= 4 is 22.4 Å². The highest BCUT2D eigenvalue weighted by molar-refractivity contribution is 7.15. The molecule has 0 radical (unpaired) electrons. The van der Waals surface area contributed by atoms with Crippen molar-refractivity contribution in [2.24, 2.45) is 0 Å². The SMILES string of the molecule is Cc1ccc(C(=O)Nc2nc3c(s2)CCCCC3)cc1. The Bertz CT molecular complexity index is 592. The van der Waals surface area contributed by atoms with Gasteiger partial charge in [-0.15, -0.1) is 11.3 Å². The van der Waals surface area contributed by atoms with Gasteiger partial charge in [-0.3, -0.25) is 10.1 Å². The topological polar surface area (TPSA) is 42.0 Å². The molecule has 1 aliphatic carbocycles. The second-order valence-electron chi connectivity index (χ2n) is 5.27. The van der Waals surface area contributed by atoms with Gasteiger partial charge in [0, 0.05) is 10.4 Å². The quantitative estimate of drug-likeness (QED) is 0.849. The number of rotatable bonds is 2. The molecular formula is C16H18N2OS. The summed E-state index contributed by atoms with van der Waals surface area (Å²) in [7, 11) is 0. The average molecular weight is 286 g/mol. The Hall–Kier alpha value is -1.68. The van der Waals surface area contributed by atoms with Crippen molar-refractivity contribution in [1.82, 2.24) is 4.98 Å². The van der Waals surface area contributed by atoms with Gasteiger partial charge in [0.25, 0.3) is 5.91 Å². The van der Waals surface area contributed by atoms with Crippen LogP contribution in [0.1, 0.15) is 45.8 Å². The molecule has 1 aliphatic rings. The van der Waals surface area contributed by atoms with E-state index < -0.39 is 0 Å². The fraction of sp³-hybridized carbons (Fsp3) is 0.375. The van der Waals surface area contributed by atoms with Crippen LogP contribution in [0.25, 0.3) is 0 Å². The van der Waals surface area contributed by atoms with Crippen molar-refractivity contribution in [2.75, 3.05) is 5.32 Å². The maximum Gasteiger partial charge on any atom is 0.257 e. The minimum atomic E-state index is -0.0751. The molecule has 0 bridgehead atoms. The Morgan fingerprint density at radius 1 is 1.15 bits per heavy atom. The summed E-state index contributed by atoms with van der Waals surface area (Å²) < 4.78 is 0. The summed E-state index contributed by atoms with van der Waals surface area (Å²) in [6, 6.07) is 7.60. The van der Waals surface area contributed by atoms with E-state index >= 15 is 0 Å². The Kier molecular flexibility index (Phi) is 3.83. The van der Waals surface area contributed by atoms with Crippen LogP contribution in [0.5, 0.6) is 0 Å². The van der Waals surface area contributed by atoms with Crippen molar-refractivity contribution in [1.29, 1.82) is 0 Å². The molecule has 4 heteroatoms. The molecule has 0 saturated carbocycles. The first-order valence-corrected chi connectivity index (χ1v) is 7.90. The fourth-order valence-electron chi connectivity index (χ4n) is 2.46. The van der Waals surface area contributed by atoms with Crippen LogP contribution < -0.4 is 5.32 Å². The number of thiazole rings is 1. The lowest BCUT2D eigenvalue weighted by molar-refractivity contribution is 0.102. The summed E-state index contributed by atoms with van der Waals surface area (Å²) in [6.07, 6.45) is 5.89. The van der Waals surface area contributed by atoms with E-state index in [0.717, 1.165) is 23.5 Å². The van der Waals surface area contributed by atoms with Gasteiger partial charge in [0.05, 0.1) is 5.69 Å². The Morgan fingerprint density at radius 2 is 1.90 bits per heavy atom. The van der Waals surface area contributed by atoms with Crippen LogP contribution in [0.2, 0.25) is 0 Å². The molecule has 3 rings (SSSR count). The molecule has 1 amide bonds. The summed E-state index contributed by atoms with van der Waals surface area (Å²) in [5.41, 5.74) is 3.02. The average Bonchev–Trinajstić information content (AvgIpc) is 2.68. The summed E-state index contributed by atoms with van der Waals surface area (Å²) in [6.45, 7) is 2.01. The van der Waals surface area contributed by atoms with Crippen molar-refractivity contribution in [3.8, 4) is 0 Å². The number of nitrogens with one attached hydrogen (secondary N) is 1. The van der Waals surface area contributed by atoms with Crippen molar-refractivity contribution in [3.05, 3.63) is 46.0 Å². The maximum absolute atomic E-state index is 12.2. The van der Waals surface area contributed by atoms with E-state index in [4.69, 9.17) is 0 Å². The zero-order chi connectivity index (χ0) is 13.9. The third-order valence-corrected chi connectivity index (χ3v) is 4.70. The largest absolute Gasteiger partial charge is 0.298 e. The Morgan fingerprint density at radius 3 is 2.70 bits per heavy atom. The molecule has 0 saturated heterocycles. The van der Waals surface area contributed by atoms with E-state index in [1.165, 1.54) is 29.8 Å². The molecule has 2 aromatic rings. The number of anilines is 1. The van der Waals surface area contributed by atoms with Crippen LogP contribution >= 0.6 is 11.3 Å². The molecule has 1 heterocycles. The molecule has 20 heavy (non-hydrogen) atoms. The van der Waals surface area contributed by atoms with Gasteiger partial charge in [0.2, 0.25) is 0 Å². The van der Waals surface area contributed by atoms with E-state index in [1.54, 1.807) is 11.3 Å². The fourth-order valence-corrected chi connectivity index (χ4v) is 3.50. The molecule has 1 N–H and O–H groups in total. The van der Waals surface area contributed by atoms with Gasteiger partial charge in [0.1, 0.15) is 0 Å². The number of hydrogen-bond acceptors (Lipinski definition) is 3. The summed E-state index contributed by atoms with van der Waals surface area (Å²) >= 11 is 1.63. The zero-order valence-electron chi connectivity index (χ0n) is 11.6. The van der Waals surface area contributed by atoms with Gasteiger partial charge in [-0.1, -0.05) is 24.1 Å². The van der Waals surface area contributed by atoms with Crippen molar-refractivity contribution < 1.29 is 4.79 Å². The molecule has 0 fully saturated rings. The summed E-state index contributed by atoms with van der Waals surface area (Å²) in [5.74, 6) is -0.0751. The minimum Gasteiger partial charge on any atom is -0.298 e. The third-order valence-electron chi connectivity index (χ3n) is 3.63. The molecule has 1 aromatic heterocycles.